The van der Waals surface area contributed by atoms with Crippen LogP contribution in [0.2, 0.25) is 0 Å². The summed E-state index contributed by atoms with van der Waals surface area (Å²) in [6, 6.07) is -0.163. The third-order valence-electron chi connectivity index (χ3n) is 3.70. The molecule has 1 unspecified atom stereocenters. The highest BCUT2D eigenvalue weighted by molar-refractivity contribution is 5.80. The molecule has 100 valence electrons. The lowest BCUT2D eigenvalue weighted by atomic mass is 10.1. The molecule has 0 saturated carbocycles. The number of carbonyl (C=O) groups is 1. The fourth-order valence-corrected chi connectivity index (χ4v) is 2.57. The van der Waals surface area contributed by atoms with Gasteiger partial charge in [0.05, 0.1) is 5.69 Å². The number of likely N-dealkylation sites (N-methyl/N-ethyl adjacent to an activating group) is 1. The van der Waals surface area contributed by atoms with Crippen LogP contribution in [0.3, 0.4) is 0 Å². The number of aryl methyl sites for hydroxylation is 1. The molecule has 0 saturated heterocycles. The van der Waals surface area contributed by atoms with Gasteiger partial charge in [-0.3, -0.25) is 4.79 Å². The van der Waals surface area contributed by atoms with E-state index < -0.39 is 0 Å². The lowest BCUT2D eigenvalue weighted by Crippen LogP contribution is -2.35. The Kier molecular flexibility index (Phi) is 3.71. The predicted octanol–water partition coefficient (Wildman–Crippen LogP) is 0.877. The number of amides is 1. The number of imidazole rings is 1. The van der Waals surface area contributed by atoms with Crippen molar-refractivity contribution in [3.63, 3.8) is 0 Å². The molecule has 2 rings (SSSR count). The molecule has 5 heteroatoms. The first kappa shape index (κ1) is 13.1. The van der Waals surface area contributed by atoms with Crippen LogP contribution < -0.4 is 5.32 Å². The van der Waals surface area contributed by atoms with Gasteiger partial charge in [-0.05, 0) is 20.8 Å². The van der Waals surface area contributed by atoms with E-state index in [4.69, 9.17) is 0 Å². The summed E-state index contributed by atoms with van der Waals surface area (Å²) in [7, 11) is 1.85. The summed E-state index contributed by atoms with van der Waals surface area (Å²) in [4.78, 5) is 18.6. The fraction of sp³-hybridized carbons (Fsp3) is 0.692. The molecule has 0 fully saturated rings. The monoisotopic (exact) mass is 250 g/mol. The second-order valence-electron chi connectivity index (χ2n) is 4.88. The summed E-state index contributed by atoms with van der Waals surface area (Å²) >= 11 is 0. The largest absolute Gasteiger partial charge is 0.344 e. The highest BCUT2D eigenvalue weighted by Gasteiger charge is 2.25. The van der Waals surface area contributed by atoms with E-state index in [0.29, 0.717) is 0 Å². The van der Waals surface area contributed by atoms with Crippen molar-refractivity contribution in [3.8, 4) is 0 Å². The standard InChI is InChI=1S/C13H22N4O/c1-5-16(4)13(18)9(2)17-10(3)15-11-8-14-7-6-12(11)17/h9,14H,5-8H2,1-4H3. The minimum atomic E-state index is -0.163. The van der Waals surface area contributed by atoms with Crippen molar-refractivity contribution >= 4 is 5.91 Å². The minimum absolute atomic E-state index is 0.152. The van der Waals surface area contributed by atoms with E-state index in [-0.39, 0.29) is 11.9 Å². The van der Waals surface area contributed by atoms with E-state index in [1.54, 1.807) is 4.90 Å². The zero-order valence-corrected chi connectivity index (χ0v) is 11.7. The summed E-state index contributed by atoms with van der Waals surface area (Å²) < 4.78 is 2.10. The highest BCUT2D eigenvalue weighted by atomic mass is 16.2. The molecule has 0 spiro atoms. The van der Waals surface area contributed by atoms with Crippen molar-refractivity contribution in [1.82, 2.24) is 19.8 Å². The topological polar surface area (TPSA) is 50.2 Å². The number of carbonyl (C=O) groups excluding carboxylic acids is 1. The second-order valence-corrected chi connectivity index (χ2v) is 4.88. The van der Waals surface area contributed by atoms with Gasteiger partial charge >= 0.3 is 0 Å². The smallest absolute Gasteiger partial charge is 0.245 e. The van der Waals surface area contributed by atoms with E-state index in [2.05, 4.69) is 14.9 Å². The van der Waals surface area contributed by atoms with Crippen LogP contribution in [0.5, 0.6) is 0 Å². The van der Waals surface area contributed by atoms with Gasteiger partial charge in [-0.25, -0.2) is 4.98 Å². The SMILES string of the molecule is CCN(C)C(=O)C(C)n1c(C)nc2c1CCNC2. The molecule has 1 aliphatic rings. The second kappa shape index (κ2) is 5.10. The Hall–Kier alpha value is -1.36. The zero-order valence-electron chi connectivity index (χ0n) is 11.7. The van der Waals surface area contributed by atoms with Gasteiger partial charge in [0.15, 0.2) is 0 Å². The zero-order chi connectivity index (χ0) is 13.3. The average molecular weight is 250 g/mol. The third-order valence-corrected chi connectivity index (χ3v) is 3.70. The first-order valence-electron chi connectivity index (χ1n) is 6.58. The summed E-state index contributed by atoms with van der Waals surface area (Å²) in [5.41, 5.74) is 2.31. The summed E-state index contributed by atoms with van der Waals surface area (Å²) in [5, 5.41) is 3.31. The molecule has 1 aliphatic heterocycles. The van der Waals surface area contributed by atoms with Crippen LogP contribution in [0.25, 0.3) is 0 Å². The molecule has 0 radical (unpaired) electrons. The van der Waals surface area contributed by atoms with Gasteiger partial charge in [-0.1, -0.05) is 0 Å². The molecule has 2 heterocycles. The van der Waals surface area contributed by atoms with Crippen molar-refractivity contribution in [2.45, 2.75) is 39.8 Å². The molecular formula is C13H22N4O. The summed E-state index contributed by atoms with van der Waals surface area (Å²) in [6.07, 6.45) is 0.948. The quantitative estimate of drug-likeness (QED) is 0.866. The Morgan fingerprint density at radius 1 is 1.61 bits per heavy atom. The number of hydrogen-bond acceptors (Lipinski definition) is 3. The normalized spacial score (nSPS) is 16.2. The molecular weight excluding hydrogens is 228 g/mol. The molecule has 18 heavy (non-hydrogen) atoms. The maximum Gasteiger partial charge on any atom is 0.245 e. The van der Waals surface area contributed by atoms with E-state index in [1.807, 2.05) is 27.8 Å². The Morgan fingerprint density at radius 3 is 3.00 bits per heavy atom. The molecule has 5 nitrogen and oxygen atoms in total. The molecule has 1 aromatic rings. The van der Waals surface area contributed by atoms with Crippen LogP contribution in [0.1, 0.15) is 37.1 Å². The highest BCUT2D eigenvalue weighted by Crippen LogP contribution is 2.21. The first-order valence-corrected chi connectivity index (χ1v) is 6.58. The third kappa shape index (κ3) is 2.14. The maximum absolute atomic E-state index is 12.3. The van der Waals surface area contributed by atoms with E-state index in [9.17, 15) is 4.79 Å². The number of fused-ring (bicyclic) bond motifs is 1. The van der Waals surface area contributed by atoms with Crippen molar-refractivity contribution in [2.75, 3.05) is 20.1 Å². The number of rotatable bonds is 3. The van der Waals surface area contributed by atoms with Gasteiger partial charge < -0.3 is 14.8 Å². The molecule has 0 aromatic carbocycles. The Morgan fingerprint density at radius 2 is 2.33 bits per heavy atom. The number of nitrogens with zero attached hydrogens (tertiary/aromatic N) is 3. The predicted molar refractivity (Wildman–Crippen MR) is 70.4 cm³/mol. The number of nitrogens with one attached hydrogen (secondary N) is 1. The lowest BCUT2D eigenvalue weighted by Gasteiger charge is -2.24. The summed E-state index contributed by atoms with van der Waals surface area (Å²) in [6.45, 7) is 8.45. The molecule has 1 aromatic heterocycles. The molecule has 0 bridgehead atoms. The van der Waals surface area contributed by atoms with Gasteiger partial charge in [0, 0.05) is 38.8 Å². The van der Waals surface area contributed by atoms with E-state index in [0.717, 1.165) is 37.6 Å². The van der Waals surface area contributed by atoms with E-state index in [1.165, 1.54) is 5.69 Å². The number of hydrogen-bond donors (Lipinski definition) is 1. The van der Waals surface area contributed by atoms with Crippen LogP contribution in [0.15, 0.2) is 0 Å². The molecule has 1 atom stereocenters. The van der Waals surface area contributed by atoms with Crippen LogP contribution in [-0.4, -0.2) is 40.5 Å². The van der Waals surface area contributed by atoms with Gasteiger partial charge in [-0.2, -0.15) is 0 Å². The average Bonchev–Trinajstić information content (AvgIpc) is 2.71. The first-order chi connectivity index (χ1) is 8.56. The Balaban J connectivity index is 2.33. The minimum Gasteiger partial charge on any atom is -0.344 e. The summed E-state index contributed by atoms with van der Waals surface area (Å²) in [5.74, 6) is 1.09. The van der Waals surface area contributed by atoms with Crippen molar-refractivity contribution in [3.05, 3.63) is 17.2 Å². The fourth-order valence-electron chi connectivity index (χ4n) is 2.57. The van der Waals surface area contributed by atoms with Crippen LogP contribution in [0.4, 0.5) is 0 Å². The Labute approximate surface area is 108 Å². The maximum atomic E-state index is 12.3. The van der Waals surface area contributed by atoms with Gasteiger partial charge in [0.1, 0.15) is 11.9 Å². The van der Waals surface area contributed by atoms with Gasteiger partial charge in [0.25, 0.3) is 0 Å². The Bertz CT molecular complexity index is 452. The van der Waals surface area contributed by atoms with Crippen LogP contribution in [0, 0.1) is 6.92 Å². The van der Waals surface area contributed by atoms with Gasteiger partial charge in [-0.15, -0.1) is 0 Å². The molecule has 1 amide bonds. The van der Waals surface area contributed by atoms with Crippen molar-refractivity contribution < 1.29 is 4.79 Å². The lowest BCUT2D eigenvalue weighted by molar-refractivity contribution is -0.132. The van der Waals surface area contributed by atoms with Crippen molar-refractivity contribution in [1.29, 1.82) is 0 Å². The van der Waals surface area contributed by atoms with E-state index >= 15 is 0 Å². The van der Waals surface area contributed by atoms with Crippen molar-refractivity contribution in [2.24, 2.45) is 0 Å². The van der Waals surface area contributed by atoms with Gasteiger partial charge in [0.2, 0.25) is 5.91 Å². The molecule has 0 aliphatic carbocycles. The van der Waals surface area contributed by atoms with Crippen LogP contribution in [-0.2, 0) is 17.8 Å². The van der Waals surface area contributed by atoms with Crippen LogP contribution >= 0.6 is 0 Å². The molecule has 1 N–H and O–H groups in total. The number of aromatic nitrogens is 2.